The number of ether oxygens (including phenoxy) is 4. The molecule has 3 aliphatic heterocycles. The Balaban J connectivity index is 0.609. The minimum absolute atomic E-state index is 0.00671. The first kappa shape index (κ1) is 73.0. The molecule has 0 radical (unpaired) electrons. The van der Waals surface area contributed by atoms with E-state index in [4.69, 9.17) is 44.2 Å². The smallest absolute Gasteiger partial charge is 0.273 e. The molecule has 23 nitrogen and oxygen atoms in total. The fraction of sp³-hybridized carbons (Fsp3) is 0.584. The number of hydrogen-bond acceptors (Lipinski definition) is 20. The molecule has 14 rings (SSSR count). The lowest BCUT2D eigenvalue weighted by molar-refractivity contribution is -0.248. The van der Waals surface area contributed by atoms with E-state index in [1.807, 2.05) is 101 Å². The van der Waals surface area contributed by atoms with Gasteiger partial charge in [0.2, 0.25) is 17.7 Å². The van der Waals surface area contributed by atoms with Crippen LogP contribution in [0.2, 0.25) is 0 Å². The van der Waals surface area contributed by atoms with Crippen molar-refractivity contribution in [3.8, 4) is 21.6 Å². The molecule has 4 N–H and O–H groups in total. The van der Waals surface area contributed by atoms with Crippen molar-refractivity contribution in [1.82, 2.24) is 60.3 Å². The van der Waals surface area contributed by atoms with Crippen LogP contribution in [0.1, 0.15) is 157 Å². The third-order valence-electron chi connectivity index (χ3n) is 22.0. The number of para-hydroxylation sites is 1. The summed E-state index contributed by atoms with van der Waals surface area (Å²) in [6.07, 6.45) is 12.1. The number of nitrogens with one attached hydrogen (secondary N) is 3. The Kier molecular flexibility index (Phi) is 21.7. The summed E-state index contributed by atoms with van der Waals surface area (Å²) in [5.74, 6) is 0.553. The fourth-order valence-corrected chi connectivity index (χ4v) is 19.8. The third kappa shape index (κ3) is 16.1. The van der Waals surface area contributed by atoms with Crippen LogP contribution in [0.4, 0.5) is 22.6 Å². The van der Waals surface area contributed by atoms with Crippen LogP contribution in [0.5, 0.6) is 0 Å². The van der Waals surface area contributed by atoms with Gasteiger partial charge in [-0.05, 0) is 162 Å². The summed E-state index contributed by atoms with van der Waals surface area (Å²) in [4.78, 5) is 79.9. The Hall–Kier alpha value is -7.36. The van der Waals surface area contributed by atoms with Gasteiger partial charge in [-0.15, -0.1) is 21.5 Å². The van der Waals surface area contributed by atoms with Gasteiger partial charge in [-0.1, -0.05) is 82.4 Å². The number of aliphatic hydroxyl groups is 1. The average molecular weight is 1430 g/mol. The van der Waals surface area contributed by atoms with Crippen molar-refractivity contribution < 1.29 is 43.2 Å². The van der Waals surface area contributed by atoms with E-state index in [-0.39, 0.29) is 105 Å². The normalized spacial score (nSPS) is 23.8. The van der Waals surface area contributed by atoms with Crippen LogP contribution in [-0.4, -0.2) is 195 Å². The Morgan fingerprint density at radius 1 is 0.804 bits per heavy atom. The van der Waals surface area contributed by atoms with E-state index >= 15 is 4.79 Å². The molecule has 546 valence electrons. The number of carbonyl (C=O) groups is 4. The van der Waals surface area contributed by atoms with E-state index in [0.717, 1.165) is 130 Å². The fourth-order valence-electron chi connectivity index (χ4n) is 18.1. The molecule has 4 bridgehead atoms. The highest BCUT2D eigenvalue weighted by atomic mass is 32.1. The van der Waals surface area contributed by atoms with E-state index in [1.54, 1.807) is 34.6 Å². The monoisotopic (exact) mass is 1430 g/mol. The van der Waals surface area contributed by atoms with Crippen molar-refractivity contribution in [2.75, 3.05) is 103 Å². The molecule has 0 unspecified atom stereocenters. The summed E-state index contributed by atoms with van der Waals surface area (Å²) < 4.78 is 28.1. The number of aliphatic hydroxyl groups excluding tert-OH is 1. The molecule has 8 atom stereocenters. The predicted molar refractivity (Wildman–Crippen MR) is 396 cm³/mol. The molecular formula is C77H102N14O9S2. The molecule has 25 heteroatoms. The van der Waals surface area contributed by atoms with E-state index < -0.39 is 29.5 Å². The highest BCUT2D eigenvalue weighted by molar-refractivity contribution is 7.22. The van der Waals surface area contributed by atoms with Crippen LogP contribution in [0.3, 0.4) is 0 Å². The van der Waals surface area contributed by atoms with Crippen molar-refractivity contribution in [3.05, 3.63) is 106 Å². The topological polar surface area (TPSA) is 257 Å². The number of likely N-dealkylation sites (N-methyl/N-ethyl adjacent to an activating group) is 1. The average Bonchev–Trinajstić information content (AvgIpc) is 0.828. The molecule has 102 heavy (non-hydrogen) atoms. The van der Waals surface area contributed by atoms with E-state index in [9.17, 15) is 19.5 Å². The standard InChI is InChI=1S/C77H102N14O9S2/c1-49-56-16-15-28-89(68(56)86-85-67(49)84-72-81-59-17-11-12-18-61(59)102-72)62-24-23-57(58-39-79-91(52(58)4)47-76-42-74(8)41-75(9,43-76)45-77(44-74,46-76)100-33-30-88-26-13-14-27-88)64(82-62)70(95)87(10)29-32-98-35-37-99-36-34-97-31-25-63(93)83-66(73(5,6)7)71(96)90-40-55(92)38-60(90)69(94)80-50(2)53-19-21-54(22-20-53)65-51(3)78-48-101-65/h11-12,17-24,39,48,50,55,60,66,92H,13-16,25-38,40-47H2,1-10H3,(H,80,94)(H,83,93)(H,81,84,85)/t50-,55+,60-,66+,74-,75+,76+,77-/m0/s1. The molecule has 6 fully saturated rings. The summed E-state index contributed by atoms with van der Waals surface area (Å²) in [5.41, 5.74) is 10.2. The van der Waals surface area contributed by atoms with Crippen LogP contribution in [-0.2, 0) is 46.3 Å². The molecule has 4 amide bonds. The lowest BCUT2D eigenvalue weighted by atomic mass is 9.39. The molecule has 4 aliphatic carbocycles. The van der Waals surface area contributed by atoms with Gasteiger partial charge >= 0.3 is 0 Å². The number of amides is 4. The number of nitrogens with zero attached hydrogens (tertiary/aromatic N) is 11. The van der Waals surface area contributed by atoms with Crippen LogP contribution in [0.15, 0.2) is 72.4 Å². The number of aromatic nitrogens is 7. The SMILES string of the molecule is Cc1ncsc1-c1ccc([C@H](C)NC(=O)[C@@H]2C[C@@H](O)CN2C(=O)[C@@H](NC(=O)CCOCCOCCOCCN(C)C(=O)c2nc(N3CCCc4c3nnc(Nc3nc5ccccc5s3)c4C)ccc2-c2cnn(C[C@]34C[C@]5(C)C[C@](C)(C3)C[C@@](OCCN3CCCC3)(C5)C4)c2C)C(C)(C)C)cc1. The van der Waals surface area contributed by atoms with E-state index in [2.05, 4.69) is 69.2 Å². The van der Waals surface area contributed by atoms with Crippen LogP contribution in [0, 0.1) is 42.4 Å². The maximum atomic E-state index is 15.1. The first-order valence-corrected chi connectivity index (χ1v) is 38.3. The minimum atomic E-state index is -0.968. The first-order valence-electron chi connectivity index (χ1n) is 36.6. The highest BCUT2D eigenvalue weighted by Crippen LogP contribution is 2.72. The van der Waals surface area contributed by atoms with Crippen molar-refractivity contribution in [2.45, 2.75) is 176 Å². The molecule has 7 aromatic rings. The Morgan fingerprint density at radius 2 is 1.53 bits per heavy atom. The lowest BCUT2D eigenvalue weighted by Gasteiger charge is -2.69. The lowest BCUT2D eigenvalue weighted by Crippen LogP contribution is -2.64. The number of pyridine rings is 1. The van der Waals surface area contributed by atoms with Crippen LogP contribution < -0.4 is 20.9 Å². The number of carbonyl (C=O) groups excluding carboxylic acids is 4. The zero-order valence-corrected chi connectivity index (χ0v) is 62.7. The zero-order valence-electron chi connectivity index (χ0n) is 61.1. The molecule has 2 aromatic carbocycles. The minimum Gasteiger partial charge on any atom is -0.391 e. The summed E-state index contributed by atoms with van der Waals surface area (Å²) in [6, 6.07) is 17.8. The molecule has 2 saturated heterocycles. The number of likely N-dealkylation sites (tertiary alicyclic amines) is 2. The second kappa shape index (κ2) is 30.4. The number of hydrogen-bond donors (Lipinski definition) is 4. The largest absolute Gasteiger partial charge is 0.391 e. The molecule has 5 aromatic heterocycles. The predicted octanol–water partition coefficient (Wildman–Crippen LogP) is 11.3. The maximum Gasteiger partial charge on any atom is 0.273 e. The number of benzene rings is 2. The van der Waals surface area contributed by atoms with Crippen LogP contribution in [0.25, 0.3) is 31.8 Å². The van der Waals surface area contributed by atoms with Gasteiger partial charge < -0.3 is 59.6 Å². The number of β-amino-alcohol motifs (C(OH)–C–C–N with tert-alkyl or cyclic N) is 1. The van der Waals surface area contributed by atoms with Gasteiger partial charge in [-0.25, -0.2) is 15.0 Å². The second-order valence-electron chi connectivity index (χ2n) is 31.7. The van der Waals surface area contributed by atoms with Crippen molar-refractivity contribution in [3.63, 3.8) is 0 Å². The Morgan fingerprint density at radius 3 is 2.25 bits per heavy atom. The zero-order chi connectivity index (χ0) is 71.7. The summed E-state index contributed by atoms with van der Waals surface area (Å²) in [5, 5.41) is 35.7. The summed E-state index contributed by atoms with van der Waals surface area (Å²) in [6.45, 7) is 25.9. The van der Waals surface area contributed by atoms with Crippen molar-refractivity contribution >= 4 is 79.1 Å². The van der Waals surface area contributed by atoms with E-state index in [1.165, 1.54) is 37.3 Å². The van der Waals surface area contributed by atoms with Gasteiger partial charge in [-0.2, -0.15) is 5.10 Å². The Labute approximate surface area is 607 Å². The van der Waals surface area contributed by atoms with Crippen molar-refractivity contribution in [1.29, 1.82) is 0 Å². The van der Waals surface area contributed by atoms with Gasteiger partial charge in [0.05, 0.1) is 96.5 Å². The number of rotatable bonds is 29. The van der Waals surface area contributed by atoms with Gasteiger partial charge in [0.1, 0.15) is 23.6 Å². The number of fused-ring (bicyclic) bond motifs is 2. The molecule has 7 aliphatic rings. The van der Waals surface area contributed by atoms with Gasteiger partial charge in [0, 0.05) is 80.6 Å². The second-order valence-corrected chi connectivity index (χ2v) is 33.6. The first-order chi connectivity index (χ1) is 48.9. The third-order valence-corrected chi connectivity index (χ3v) is 23.9. The maximum absolute atomic E-state index is 15.1. The van der Waals surface area contributed by atoms with Gasteiger partial charge in [0.25, 0.3) is 5.91 Å². The number of aryl methyl sites for hydroxylation is 1. The van der Waals surface area contributed by atoms with Crippen molar-refractivity contribution in [2.24, 2.45) is 21.7 Å². The number of thiazole rings is 2. The van der Waals surface area contributed by atoms with Gasteiger partial charge in [0.15, 0.2) is 16.8 Å². The van der Waals surface area contributed by atoms with E-state index in [0.29, 0.717) is 36.0 Å². The molecular weight excluding hydrogens is 1330 g/mol. The molecule has 8 heterocycles. The quantitative estimate of drug-likeness (QED) is 0.0318. The number of anilines is 4. The summed E-state index contributed by atoms with van der Waals surface area (Å²) >= 11 is 3.15. The molecule has 4 saturated carbocycles. The Bertz CT molecular complexity index is 4110. The molecule has 0 spiro atoms. The van der Waals surface area contributed by atoms with Gasteiger partial charge in [-0.3, -0.25) is 23.9 Å². The highest BCUT2D eigenvalue weighted by Gasteiger charge is 2.66. The summed E-state index contributed by atoms with van der Waals surface area (Å²) in [7, 11) is 1.78. The van der Waals surface area contributed by atoms with Crippen LogP contribution >= 0.6 is 22.7 Å².